The first-order valence-electron chi connectivity index (χ1n) is 6.28. The lowest BCUT2D eigenvalue weighted by Gasteiger charge is -2.15. The Morgan fingerprint density at radius 3 is 2.70 bits per heavy atom. The summed E-state index contributed by atoms with van der Waals surface area (Å²) in [5.41, 5.74) is 2.31. The highest BCUT2D eigenvalue weighted by Gasteiger charge is 2.14. The standard InChI is InChI=1S/C16H16ClFO2/c1-10-12(4-3-5-13(10)17)15(19)9-11-6-7-16(20-2)14(18)8-11/h3-8,15,19H,9H2,1-2H3. The summed E-state index contributed by atoms with van der Waals surface area (Å²) in [5.74, 6) is -0.234. The van der Waals surface area contributed by atoms with Gasteiger partial charge >= 0.3 is 0 Å². The van der Waals surface area contributed by atoms with E-state index in [1.165, 1.54) is 13.2 Å². The van der Waals surface area contributed by atoms with E-state index < -0.39 is 11.9 Å². The first kappa shape index (κ1) is 14.8. The third kappa shape index (κ3) is 3.11. The average Bonchev–Trinajstić information content (AvgIpc) is 2.42. The van der Waals surface area contributed by atoms with Gasteiger partial charge in [-0.2, -0.15) is 0 Å². The van der Waals surface area contributed by atoms with Crippen molar-refractivity contribution in [2.45, 2.75) is 19.4 Å². The maximum atomic E-state index is 13.6. The van der Waals surface area contributed by atoms with Gasteiger partial charge in [0.1, 0.15) is 0 Å². The van der Waals surface area contributed by atoms with E-state index in [1.54, 1.807) is 24.3 Å². The minimum Gasteiger partial charge on any atom is -0.494 e. The summed E-state index contributed by atoms with van der Waals surface area (Å²) in [6, 6.07) is 10.1. The van der Waals surface area contributed by atoms with Crippen LogP contribution in [0, 0.1) is 12.7 Å². The molecular formula is C16H16ClFO2. The number of benzene rings is 2. The summed E-state index contributed by atoms with van der Waals surface area (Å²) < 4.78 is 18.5. The molecule has 1 N–H and O–H groups in total. The Kier molecular flexibility index (Phi) is 4.63. The Morgan fingerprint density at radius 1 is 1.30 bits per heavy atom. The number of hydrogen-bond acceptors (Lipinski definition) is 2. The van der Waals surface area contributed by atoms with Crippen molar-refractivity contribution in [1.82, 2.24) is 0 Å². The van der Waals surface area contributed by atoms with Crippen LogP contribution in [0.15, 0.2) is 36.4 Å². The zero-order valence-electron chi connectivity index (χ0n) is 11.4. The van der Waals surface area contributed by atoms with Crippen molar-refractivity contribution in [3.05, 3.63) is 63.9 Å². The number of rotatable bonds is 4. The van der Waals surface area contributed by atoms with Gasteiger partial charge in [-0.15, -0.1) is 0 Å². The summed E-state index contributed by atoms with van der Waals surface area (Å²) >= 11 is 6.04. The number of aliphatic hydroxyl groups excluding tert-OH is 1. The van der Waals surface area contributed by atoms with Crippen molar-refractivity contribution in [3.8, 4) is 5.75 Å². The summed E-state index contributed by atoms with van der Waals surface area (Å²) in [6.45, 7) is 1.86. The van der Waals surface area contributed by atoms with Crippen LogP contribution in [-0.4, -0.2) is 12.2 Å². The van der Waals surface area contributed by atoms with Crippen molar-refractivity contribution in [1.29, 1.82) is 0 Å². The van der Waals surface area contributed by atoms with Gasteiger partial charge in [0.15, 0.2) is 11.6 Å². The van der Waals surface area contributed by atoms with Crippen molar-refractivity contribution in [2.75, 3.05) is 7.11 Å². The number of methoxy groups -OCH3 is 1. The van der Waals surface area contributed by atoms with Crippen LogP contribution in [0.3, 0.4) is 0 Å². The molecule has 0 saturated carbocycles. The number of aliphatic hydroxyl groups is 1. The fraction of sp³-hybridized carbons (Fsp3) is 0.250. The van der Waals surface area contributed by atoms with Gasteiger partial charge in [-0.05, 0) is 41.8 Å². The lowest BCUT2D eigenvalue weighted by atomic mass is 9.97. The van der Waals surface area contributed by atoms with Crippen molar-refractivity contribution < 1.29 is 14.2 Å². The quantitative estimate of drug-likeness (QED) is 0.921. The van der Waals surface area contributed by atoms with Crippen LogP contribution >= 0.6 is 11.6 Å². The van der Waals surface area contributed by atoms with E-state index in [9.17, 15) is 9.50 Å². The lowest BCUT2D eigenvalue weighted by Crippen LogP contribution is -2.04. The van der Waals surface area contributed by atoms with Crippen LogP contribution in [0.5, 0.6) is 5.75 Å². The molecular weight excluding hydrogens is 279 g/mol. The summed E-state index contributed by atoms with van der Waals surface area (Å²) in [6.07, 6.45) is -0.399. The van der Waals surface area contributed by atoms with Gasteiger partial charge in [-0.25, -0.2) is 4.39 Å². The zero-order valence-corrected chi connectivity index (χ0v) is 12.1. The van der Waals surface area contributed by atoms with Crippen LogP contribution < -0.4 is 4.74 Å². The minimum atomic E-state index is -0.721. The molecule has 0 aromatic heterocycles. The van der Waals surface area contributed by atoms with Gasteiger partial charge in [-0.3, -0.25) is 0 Å². The molecule has 0 spiro atoms. The fourth-order valence-corrected chi connectivity index (χ4v) is 2.34. The minimum absolute atomic E-state index is 0.196. The third-order valence-corrected chi connectivity index (χ3v) is 3.72. The van der Waals surface area contributed by atoms with E-state index in [4.69, 9.17) is 16.3 Å². The second kappa shape index (κ2) is 6.25. The average molecular weight is 295 g/mol. The predicted molar refractivity (Wildman–Crippen MR) is 77.8 cm³/mol. The fourth-order valence-electron chi connectivity index (χ4n) is 2.16. The largest absolute Gasteiger partial charge is 0.494 e. The lowest BCUT2D eigenvalue weighted by molar-refractivity contribution is 0.177. The van der Waals surface area contributed by atoms with E-state index >= 15 is 0 Å². The first-order chi connectivity index (χ1) is 9.52. The van der Waals surface area contributed by atoms with Crippen LogP contribution in [-0.2, 0) is 6.42 Å². The van der Waals surface area contributed by atoms with Gasteiger partial charge in [0.05, 0.1) is 13.2 Å². The Hall–Kier alpha value is -1.58. The van der Waals surface area contributed by atoms with E-state index in [0.29, 0.717) is 17.0 Å². The van der Waals surface area contributed by atoms with Gasteiger partial charge in [0.2, 0.25) is 0 Å². The van der Waals surface area contributed by atoms with E-state index in [-0.39, 0.29) is 5.75 Å². The van der Waals surface area contributed by atoms with Crippen LogP contribution in [0.1, 0.15) is 22.8 Å². The summed E-state index contributed by atoms with van der Waals surface area (Å²) in [4.78, 5) is 0. The molecule has 0 aliphatic carbocycles. The Bertz CT molecular complexity index is 613. The second-order valence-electron chi connectivity index (χ2n) is 4.64. The maximum Gasteiger partial charge on any atom is 0.165 e. The van der Waals surface area contributed by atoms with Gasteiger partial charge in [-0.1, -0.05) is 29.8 Å². The maximum absolute atomic E-state index is 13.6. The van der Waals surface area contributed by atoms with Crippen LogP contribution in [0.4, 0.5) is 4.39 Å². The van der Waals surface area contributed by atoms with Crippen molar-refractivity contribution >= 4 is 11.6 Å². The SMILES string of the molecule is COc1ccc(CC(O)c2cccc(Cl)c2C)cc1F. The monoisotopic (exact) mass is 294 g/mol. The van der Waals surface area contributed by atoms with Gasteiger partial charge < -0.3 is 9.84 Å². The molecule has 0 fully saturated rings. The molecule has 1 atom stereocenters. The molecule has 2 rings (SSSR count). The predicted octanol–water partition coefficient (Wildman–Crippen LogP) is 4.07. The smallest absolute Gasteiger partial charge is 0.165 e. The molecule has 20 heavy (non-hydrogen) atoms. The molecule has 2 nitrogen and oxygen atoms in total. The Labute approximate surface area is 122 Å². The summed E-state index contributed by atoms with van der Waals surface area (Å²) in [5, 5.41) is 10.9. The molecule has 0 saturated heterocycles. The molecule has 0 heterocycles. The molecule has 4 heteroatoms. The first-order valence-corrected chi connectivity index (χ1v) is 6.66. The summed E-state index contributed by atoms with van der Waals surface area (Å²) in [7, 11) is 1.42. The Balaban J connectivity index is 2.21. The molecule has 0 aliphatic rings. The molecule has 2 aromatic rings. The molecule has 106 valence electrons. The zero-order chi connectivity index (χ0) is 14.7. The normalized spacial score (nSPS) is 12.2. The van der Waals surface area contributed by atoms with Crippen molar-refractivity contribution in [3.63, 3.8) is 0 Å². The number of halogens is 2. The second-order valence-corrected chi connectivity index (χ2v) is 5.05. The number of hydrogen-bond donors (Lipinski definition) is 1. The molecule has 0 amide bonds. The van der Waals surface area contributed by atoms with E-state index in [1.807, 2.05) is 13.0 Å². The van der Waals surface area contributed by atoms with Gasteiger partial charge in [0.25, 0.3) is 0 Å². The Morgan fingerprint density at radius 2 is 2.05 bits per heavy atom. The molecule has 2 aromatic carbocycles. The third-order valence-electron chi connectivity index (χ3n) is 3.31. The molecule has 0 bridgehead atoms. The topological polar surface area (TPSA) is 29.5 Å². The number of ether oxygens (including phenoxy) is 1. The molecule has 0 aliphatic heterocycles. The highest BCUT2D eigenvalue weighted by molar-refractivity contribution is 6.31. The molecule has 1 unspecified atom stereocenters. The van der Waals surface area contributed by atoms with Crippen LogP contribution in [0.25, 0.3) is 0 Å². The van der Waals surface area contributed by atoms with Gasteiger partial charge in [0, 0.05) is 11.4 Å². The highest BCUT2D eigenvalue weighted by Crippen LogP contribution is 2.27. The van der Waals surface area contributed by atoms with Crippen LogP contribution in [0.2, 0.25) is 5.02 Å². The van der Waals surface area contributed by atoms with E-state index in [2.05, 4.69) is 0 Å². The van der Waals surface area contributed by atoms with Crippen molar-refractivity contribution in [2.24, 2.45) is 0 Å². The highest BCUT2D eigenvalue weighted by atomic mass is 35.5. The van der Waals surface area contributed by atoms with E-state index in [0.717, 1.165) is 11.1 Å². The molecule has 0 radical (unpaired) electrons.